The van der Waals surface area contributed by atoms with Crippen molar-refractivity contribution in [3.63, 3.8) is 0 Å². The average Bonchev–Trinajstić information content (AvgIpc) is 2.48. The Morgan fingerprint density at radius 1 is 1.10 bits per heavy atom. The first kappa shape index (κ1) is 15.5. The maximum Gasteiger partial charge on any atom is 0.145 e. The minimum atomic E-state index is 0.258. The van der Waals surface area contributed by atoms with E-state index in [1.807, 2.05) is 24.3 Å². The van der Waals surface area contributed by atoms with E-state index in [4.69, 9.17) is 4.74 Å². The lowest BCUT2D eigenvalue weighted by atomic mass is 10.0. The molecule has 3 heteroatoms. The summed E-state index contributed by atoms with van der Waals surface area (Å²) in [5, 5.41) is 3.35. The predicted molar refractivity (Wildman–Crippen MR) is 86.9 cm³/mol. The third-order valence-electron chi connectivity index (χ3n) is 3.47. The number of hydrogen-bond donors (Lipinski definition) is 1. The van der Waals surface area contributed by atoms with Gasteiger partial charge in [-0.05, 0) is 49.2 Å². The van der Waals surface area contributed by atoms with Crippen molar-refractivity contribution in [3.8, 4) is 11.5 Å². The standard InChI is InChI=1S/C18H24N2O/c1-5-19-14(4)18-10-9-17(12-20-18)21-16-8-6-7-15(11-16)13(2)3/h6-14,19H,5H2,1-4H3. The summed E-state index contributed by atoms with van der Waals surface area (Å²) in [6, 6.07) is 12.4. The van der Waals surface area contributed by atoms with Crippen molar-refractivity contribution < 1.29 is 4.74 Å². The van der Waals surface area contributed by atoms with Gasteiger partial charge in [0.25, 0.3) is 0 Å². The van der Waals surface area contributed by atoms with Crippen LogP contribution in [0.25, 0.3) is 0 Å². The molecule has 1 heterocycles. The monoisotopic (exact) mass is 284 g/mol. The first-order valence-electron chi connectivity index (χ1n) is 7.57. The molecule has 1 aromatic carbocycles. The molecule has 3 nitrogen and oxygen atoms in total. The van der Waals surface area contributed by atoms with Crippen LogP contribution in [0.5, 0.6) is 11.5 Å². The molecule has 2 aromatic rings. The van der Waals surface area contributed by atoms with Gasteiger partial charge in [-0.25, -0.2) is 0 Å². The minimum Gasteiger partial charge on any atom is -0.456 e. The highest BCUT2D eigenvalue weighted by molar-refractivity contribution is 5.34. The van der Waals surface area contributed by atoms with E-state index in [2.05, 4.69) is 50.1 Å². The van der Waals surface area contributed by atoms with Crippen molar-refractivity contribution in [2.24, 2.45) is 0 Å². The molecule has 112 valence electrons. The molecule has 0 aliphatic heterocycles. The van der Waals surface area contributed by atoms with Crippen LogP contribution in [0.15, 0.2) is 42.6 Å². The Morgan fingerprint density at radius 2 is 1.90 bits per heavy atom. The zero-order valence-corrected chi connectivity index (χ0v) is 13.3. The van der Waals surface area contributed by atoms with Crippen LogP contribution in [0.2, 0.25) is 0 Å². The maximum atomic E-state index is 5.88. The first-order chi connectivity index (χ1) is 10.1. The second kappa shape index (κ2) is 7.23. The van der Waals surface area contributed by atoms with Crippen LogP contribution in [0.4, 0.5) is 0 Å². The van der Waals surface area contributed by atoms with Crippen LogP contribution in [-0.2, 0) is 0 Å². The van der Waals surface area contributed by atoms with E-state index < -0.39 is 0 Å². The normalized spacial score (nSPS) is 12.4. The fourth-order valence-electron chi connectivity index (χ4n) is 2.19. The molecule has 21 heavy (non-hydrogen) atoms. The van der Waals surface area contributed by atoms with Gasteiger partial charge in [0.1, 0.15) is 11.5 Å². The van der Waals surface area contributed by atoms with Gasteiger partial charge in [-0.15, -0.1) is 0 Å². The Kier molecular flexibility index (Phi) is 5.34. The highest BCUT2D eigenvalue weighted by Gasteiger charge is 2.06. The van der Waals surface area contributed by atoms with Crippen molar-refractivity contribution in [3.05, 3.63) is 53.9 Å². The third-order valence-corrected chi connectivity index (χ3v) is 3.47. The molecule has 0 fully saturated rings. The summed E-state index contributed by atoms with van der Waals surface area (Å²) in [6.45, 7) is 9.49. The lowest BCUT2D eigenvalue weighted by molar-refractivity contribution is 0.477. The molecule has 2 rings (SSSR count). The molecule has 0 bridgehead atoms. The SMILES string of the molecule is CCNC(C)c1ccc(Oc2cccc(C(C)C)c2)cn1. The summed E-state index contributed by atoms with van der Waals surface area (Å²) in [4.78, 5) is 4.46. The van der Waals surface area contributed by atoms with E-state index in [1.165, 1.54) is 5.56 Å². The summed E-state index contributed by atoms with van der Waals surface area (Å²) in [5.74, 6) is 2.12. The van der Waals surface area contributed by atoms with Crippen LogP contribution in [0, 0.1) is 0 Å². The number of nitrogens with zero attached hydrogens (tertiary/aromatic N) is 1. The molecule has 1 atom stereocenters. The zero-order chi connectivity index (χ0) is 15.2. The van der Waals surface area contributed by atoms with Gasteiger partial charge in [-0.1, -0.05) is 32.9 Å². The molecular formula is C18H24N2O. The van der Waals surface area contributed by atoms with Crippen LogP contribution in [0.1, 0.15) is 50.9 Å². The van der Waals surface area contributed by atoms with Crippen molar-refractivity contribution >= 4 is 0 Å². The van der Waals surface area contributed by atoms with E-state index in [0.29, 0.717) is 5.92 Å². The van der Waals surface area contributed by atoms with Gasteiger partial charge in [-0.2, -0.15) is 0 Å². The molecule has 1 aromatic heterocycles. The van der Waals surface area contributed by atoms with Crippen LogP contribution in [-0.4, -0.2) is 11.5 Å². The molecule has 0 saturated carbocycles. The van der Waals surface area contributed by atoms with E-state index in [-0.39, 0.29) is 6.04 Å². The van der Waals surface area contributed by atoms with Gasteiger partial charge >= 0.3 is 0 Å². The Labute approximate surface area is 127 Å². The zero-order valence-electron chi connectivity index (χ0n) is 13.3. The number of hydrogen-bond acceptors (Lipinski definition) is 3. The van der Waals surface area contributed by atoms with E-state index in [1.54, 1.807) is 6.20 Å². The van der Waals surface area contributed by atoms with Gasteiger partial charge < -0.3 is 10.1 Å². The van der Waals surface area contributed by atoms with Gasteiger partial charge in [0.15, 0.2) is 0 Å². The van der Waals surface area contributed by atoms with Gasteiger partial charge in [-0.3, -0.25) is 4.98 Å². The highest BCUT2D eigenvalue weighted by atomic mass is 16.5. The Morgan fingerprint density at radius 3 is 2.52 bits per heavy atom. The molecule has 0 amide bonds. The second-order valence-corrected chi connectivity index (χ2v) is 5.53. The number of nitrogens with one attached hydrogen (secondary N) is 1. The number of aromatic nitrogens is 1. The van der Waals surface area contributed by atoms with Crippen LogP contribution < -0.4 is 10.1 Å². The molecule has 0 saturated heterocycles. The number of pyridine rings is 1. The van der Waals surface area contributed by atoms with E-state index in [0.717, 1.165) is 23.7 Å². The summed E-state index contributed by atoms with van der Waals surface area (Å²) >= 11 is 0. The summed E-state index contributed by atoms with van der Waals surface area (Å²) in [7, 11) is 0. The highest BCUT2D eigenvalue weighted by Crippen LogP contribution is 2.25. The van der Waals surface area contributed by atoms with Crippen molar-refractivity contribution in [1.29, 1.82) is 0 Å². The molecule has 0 spiro atoms. The fraction of sp³-hybridized carbons (Fsp3) is 0.389. The van der Waals surface area contributed by atoms with Gasteiger partial charge in [0, 0.05) is 6.04 Å². The molecule has 0 aliphatic rings. The van der Waals surface area contributed by atoms with Crippen molar-refractivity contribution in [1.82, 2.24) is 10.3 Å². The summed E-state index contributed by atoms with van der Waals surface area (Å²) in [6.07, 6.45) is 1.78. The Balaban J connectivity index is 2.08. The number of rotatable bonds is 6. The van der Waals surface area contributed by atoms with Crippen LogP contribution >= 0.6 is 0 Å². The van der Waals surface area contributed by atoms with E-state index >= 15 is 0 Å². The fourth-order valence-corrected chi connectivity index (χ4v) is 2.19. The predicted octanol–water partition coefficient (Wildman–Crippen LogP) is 4.67. The molecular weight excluding hydrogens is 260 g/mol. The Hall–Kier alpha value is -1.87. The van der Waals surface area contributed by atoms with Gasteiger partial charge in [0.2, 0.25) is 0 Å². The smallest absolute Gasteiger partial charge is 0.145 e. The molecule has 0 aliphatic carbocycles. The van der Waals surface area contributed by atoms with Crippen molar-refractivity contribution in [2.45, 2.75) is 39.7 Å². The number of benzene rings is 1. The molecule has 1 N–H and O–H groups in total. The summed E-state index contributed by atoms with van der Waals surface area (Å²) in [5.41, 5.74) is 2.30. The lowest BCUT2D eigenvalue weighted by Crippen LogP contribution is -2.18. The summed E-state index contributed by atoms with van der Waals surface area (Å²) < 4.78 is 5.88. The number of ether oxygens (including phenoxy) is 1. The lowest BCUT2D eigenvalue weighted by Gasteiger charge is -2.13. The second-order valence-electron chi connectivity index (χ2n) is 5.53. The third kappa shape index (κ3) is 4.30. The molecule has 0 radical (unpaired) electrons. The Bertz CT molecular complexity index is 564. The van der Waals surface area contributed by atoms with Gasteiger partial charge in [0.05, 0.1) is 11.9 Å². The molecule has 1 unspecified atom stereocenters. The van der Waals surface area contributed by atoms with E-state index in [9.17, 15) is 0 Å². The minimum absolute atomic E-state index is 0.258. The average molecular weight is 284 g/mol. The topological polar surface area (TPSA) is 34.1 Å². The maximum absolute atomic E-state index is 5.88. The van der Waals surface area contributed by atoms with Crippen molar-refractivity contribution in [2.75, 3.05) is 6.54 Å². The quantitative estimate of drug-likeness (QED) is 0.837. The first-order valence-corrected chi connectivity index (χ1v) is 7.57. The largest absolute Gasteiger partial charge is 0.456 e. The van der Waals surface area contributed by atoms with Crippen LogP contribution in [0.3, 0.4) is 0 Å².